The van der Waals surface area contributed by atoms with E-state index in [1.54, 1.807) is 28.8 Å². The number of thiophene rings is 1. The van der Waals surface area contributed by atoms with Crippen LogP contribution >= 0.6 is 22.7 Å². The lowest BCUT2D eigenvalue weighted by Gasteiger charge is -2.30. The number of anilines is 2. The van der Waals surface area contributed by atoms with Gasteiger partial charge in [0, 0.05) is 37.1 Å². The summed E-state index contributed by atoms with van der Waals surface area (Å²) in [6, 6.07) is 9.24. The molecule has 37 heavy (non-hydrogen) atoms. The minimum absolute atomic E-state index is 0.00770. The van der Waals surface area contributed by atoms with Gasteiger partial charge in [-0.05, 0) is 56.3 Å². The van der Waals surface area contributed by atoms with E-state index in [2.05, 4.69) is 16.3 Å². The van der Waals surface area contributed by atoms with Crippen LogP contribution in [0.1, 0.15) is 48.2 Å². The van der Waals surface area contributed by atoms with Gasteiger partial charge >= 0.3 is 5.97 Å². The van der Waals surface area contributed by atoms with Crippen LogP contribution in [-0.4, -0.2) is 50.5 Å². The predicted octanol–water partition coefficient (Wildman–Crippen LogP) is 4.90. The average Bonchev–Trinajstić information content (AvgIpc) is 3.65. The summed E-state index contributed by atoms with van der Waals surface area (Å²) in [7, 11) is -3.63. The maximum atomic E-state index is 13.3. The first-order valence-corrected chi connectivity index (χ1v) is 15.8. The third kappa shape index (κ3) is 5.41. The number of likely N-dealkylation sites (tertiary alicyclic amines) is 1. The van der Waals surface area contributed by atoms with Gasteiger partial charge in [-0.25, -0.2) is 13.4 Å². The molecular formula is C26H32N4O4S3. The molecule has 0 aliphatic carbocycles. The summed E-state index contributed by atoms with van der Waals surface area (Å²) in [4.78, 5) is 20.4. The highest BCUT2D eigenvalue weighted by Crippen LogP contribution is 2.43. The first-order chi connectivity index (χ1) is 17.9. The SMILES string of the molecule is CCOC(=O)C1CCCN(Cc2cnc(C3Cc4cccc(N(CC)S(=O)(=O)c5cccs5)c4N3)s2)C1. The van der Waals surface area contributed by atoms with E-state index in [4.69, 9.17) is 9.72 Å². The number of fused-ring (bicyclic) bond motifs is 1. The number of carbonyl (C=O) groups is 1. The molecule has 2 atom stereocenters. The molecule has 1 saturated heterocycles. The molecule has 8 nitrogen and oxygen atoms in total. The number of aromatic nitrogens is 1. The van der Waals surface area contributed by atoms with Gasteiger partial charge in [-0.2, -0.15) is 0 Å². The van der Waals surface area contributed by atoms with Crippen molar-refractivity contribution < 1.29 is 17.9 Å². The first kappa shape index (κ1) is 26.1. The van der Waals surface area contributed by atoms with Crippen LogP contribution in [-0.2, 0) is 32.5 Å². The topological polar surface area (TPSA) is 91.8 Å². The van der Waals surface area contributed by atoms with Crippen LogP contribution < -0.4 is 9.62 Å². The molecule has 11 heteroatoms. The molecule has 0 spiro atoms. The number of hydrogen-bond acceptors (Lipinski definition) is 9. The molecule has 0 saturated carbocycles. The quantitative estimate of drug-likeness (QED) is 0.372. The second-order valence-electron chi connectivity index (χ2n) is 9.31. The zero-order chi connectivity index (χ0) is 26.0. The maximum absolute atomic E-state index is 13.3. The monoisotopic (exact) mass is 560 g/mol. The van der Waals surface area contributed by atoms with Crippen molar-refractivity contribution >= 4 is 50.0 Å². The Morgan fingerprint density at radius 2 is 2.14 bits per heavy atom. The molecule has 5 rings (SSSR count). The maximum Gasteiger partial charge on any atom is 0.310 e. The lowest BCUT2D eigenvalue weighted by molar-refractivity contribution is -0.150. The highest BCUT2D eigenvalue weighted by atomic mass is 32.2. The Labute approximate surface area is 226 Å². The number of sulfonamides is 1. The fourth-order valence-corrected chi connectivity index (χ4v) is 8.74. The Morgan fingerprint density at radius 1 is 1.27 bits per heavy atom. The van der Waals surface area contributed by atoms with Crippen molar-refractivity contribution in [2.45, 2.75) is 49.9 Å². The van der Waals surface area contributed by atoms with Crippen LogP contribution in [0.3, 0.4) is 0 Å². The van der Waals surface area contributed by atoms with Crippen molar-refractivity contribution in [2.75, 3.05) is 35.9 Å². The Balaban J connectivity index is 1.29. The van der Waals surface area contributed by atoms with E-state index in [1.165, 1.54) is 15.6 Å². The van der Waals surface area contributed by atoms with E-state index in [9.17, 15) is 13.2 Å². The minimum Gasteiger partial charge on any atom is -0.466 e. The molecule has 0 amide bonds. The molecule has 0 bridgehead atoms. The predicted molar refractivity (Wildman–Crippen MR) is 148 cm³/mol. The Hall–Kier alpha value is -2.47. The molecule has 1 aromatic carbocycles. The number of piperidine rings is 1. The Morgan fingerprint density at radius 3 is 2.89 bits per heavy atom. The number of ether oxygens (including phenoxy) is 1. The average molecular weight is 561 g/mol. The highest BCUT2D eigenvalue weighted by Gasteiger charge is 2.33. The van der Waals surface area contributed by atoms with Gasteiger partial charge in [-0.15, -0.1) is 22.7 Å². The molecule has 2 aliphatic heterocycles. The fraction of sp³-hybridized carbons (Fsp3) is 0.462. The van der Waals surface area contributed by atoms with Gasteiger partial charge in [0.05, 0.1) is 29.9 Å². The number of thiazole rings is 1. The first-order valence-electron chi connectivity index (χ1n) is 12.7. The second-order valence-corrected chi connectivity index (χ2v) is 13.5. The van der Waals surface area contributed by atoms with Crippen LogP contribution in [0.25, 0.3) is 0 Å². The number of rotatable bonds is 9. The number of carbonyl (C=O) groups excluding carboxylic acids is 1. The normalized spacial score (nSPS) is 19.8. The van der Waals surface area contributed by atoms with Gasteiger partial charge in [0.15, 0.2) is 0 Å². The zero-order valence-corrected chi connectivity index (χ0v) is 23.5. The summed E-state index contributed by atoms with van der Waals surface area (Å²) in [5.74, 6) is -0.152. The molecule has 198 valence electrons. The third-order valence-electron chi connectivity index (χ3n) is 6.84. The van der Waals surface area contributed by atoms with E-state index in [0.717, 1.165) is 53.5 Å². The Kier molecular flexibility index (Phi) is 7.85. The van der Waals surface area contributed by atoms with Crippen molar-refractivity contribution in [2.24, 2.45) is 5.92 Å². The van der Waals surface area contributed by atoms with Gasteiger partial charge in [0.25, 0.3) is 10.0 Å². The molecule has 2 unspecified atom stereocenters. The van der Waals surface area contributed by atoms with E-state index < -0.39 is 10.0 Å². The van der Waals surface area contributed by atoms with Crippen molar-refractivity contribution in [1.29, 1.82) is 0 Å². The minimum atomic E-state index is -3.63. The van der Waals surface area contributed by atoms with Gasteiger partial charge < -0.3 is 10.1 Å². The summed E-state index contributed by atoms with van der Waals surface area (Å²) in [6.45, 7) is 6.91. The largest absolute Gasteiger partial charge is 0.466 e. The summed E-state index contributed by atoms with van der Waals surface area (Å²) >= 11 is 2.91. The number of benzene rings is 1. The lowest BCUT2D eigenvalue weighted by Crippen LogP contribution is -2.38. The molecule has 1 N–H and O–H groups in total. The standard InChI is InChI=1S/C26H32N4O4S3/c1-3-30(37(32,33)23-11-7-13-35-23)22-10-5-8-18-14-21(28-24(18)22)25-27-15-20(36-25)17-29-12-6-9-19(16-29)26(31)34-4-2/h5,7-8,10-11,13,15,19,21,28H,3-4,6,9,12,14,16-17H2,1-2H3. The van der Waals surface area contributed by atoms with Crippen molar-refractivity contribution in [3.63, 3.8) is 0 Å². The van der Waals surface area contributed by atoms with Crippen molar-refractivity contribution in [3.8, 4) is 0 Å². The van der Waals surface area contributed by atoms with Crippen LogP contribution in [0.5, 0.6) is 0 Å². The summed E-state index contributed by atoms with van der Waals surface area (Å²) in [6.07, 6.45) is 4.55. The Bertz CT molecular complexity index is 1340. The number of nitrogens with zero attached hydrogens (tertiary/aromatic N) is 3. The summed E-state index contributed by atoms with van der Waals surface area (Å²) in [5.41, 5.74) is 2.62. The van der Waals surface area contributed by atoms with E-state index in [-0.39, 0.29) is 17.9 Å². The molecule has 0 radical (unpaired) electrons. The van der Waals surface area contributed by atoms with Gasteiger partial charge in [0.1, 0.15) is 9.22 Å². The molecule has 4 heterocycles. The molecule has 1 fully saturated rings. The van der Waals surface area contributed by atoms with Crippen LogP contribution in [0.4, 0.5) is 11.4 Å². The van der Waals surface area contributed by atoms with E-state index in [1.807, 2.05) is 32.2 Å². The summed E-state index contributed by atoms with van der Waals surface area (Å²) < 4.78 is 33.7. The summed E-state index contributed by atoms with van der Waals surface area (Å²) in [5, 5.41) is 6.34. The number of nitrogens with one attached hydrogen (secondary N) is 1. The van der Waals surface area contributed by atoms with Crippen molar-refractivity contribution in [3.05, 3.63) is 57.4 Å². The highest BCUT2D eigenvalue weighted by molar-refractivity contribution is 7.94. The van der Waals surface area contributed by atoms with Gasteiger partial charge in [-0.3, -0.25) is 14.0 Å². The molecule has 2 aromatic heterocycles. The zero-order valence-electron chi connectivity index (χ0n) is 21.1. The fourth-order valence-electron chi connectivity index (χ4n) is 5.14. The van der Waals surface area contributed by atoms with Gasteiger partial charge in [0.2, 0.25) is 0 Å². The number of hydrogen-bond donors (Lipinski definition) is 1. The number of para-hydroxylation sites is 1. The molecule has 2 aliphatic rings. The van der Waals surface area contributed by atoms with Crippen molar-refractivity contribution in [1.82, 2.24) is 9.88 Å². The third-order valence-corrected chi connectivity index (χ3v) is 11.2. The van der Waals surface area contributed by atoms with Crippen LogP contribution in [0, 0.1) is 5.92 Å². The van der Waals surface area contributed by atoms with Gasteiger partial charge in [-0.1, -0.05) is 18.2 Å². The van der Waals surface area contributed by atoms with E-state index in [0.29, 0.717) is 29.6 Å². The number of esters is 1. The second kappa shape index (κ2) is 11.1. The smallest absolute Gasteiger partial charge is 0.310 e. The van der Waals surface area contributed by atoms with Crippen LogP contribution in [0.2, 0.25) is 0 Å². The van der Waals surface area contributed by atoms with Crippen LogP contribution in [0.15, 0.2) is 46.1 Å². The van der Waals surface area contributed by atoms with E-state index >= 15 is 0 Å². The lowest BCUT2D eigenvalue weighted by atomic mass is 9.98. The molecular weight excluding hydrogens is 529 g/mol. The molecule has 3 aromatic rings.